The summed E-state index contributed by atoms with van der Waals surface area (Å²) in [5, 5.41) is 11.4. The quantitative estimate of drug-likeness (QED) is 0.444. The Bertz CT molecular complexity index is 896. The summed E-state index contributed by atoms with van der Waals surface area (Å²) in [5.41, 5.74) is 0.797. The monoisotopic (exact) mass is 351 g/mol. The van der Waals surface area contributed by atoms with Crippen LogP contribution in [0, 0.1) is 10.1 Å². The van der Waals surface area contributed by atoms with Gasteiger partial charge in [-0.05, 0) is 29.8 Å². The van der Waals surface area contributed by atoms with Crippen LogP contribution in [-0.2, 0) is 6.61 Å². The molecular formula is C20H17NO5. The van der Waals surface area contributed by atoms with Gasteiger partial charge in [0.2, 0.25) is 5.75 Å². The van der Waals surface area contributed by atoms with Gasteiger partial charge in [-0.1, -0.05) is 42.5 Å². The fraction of sp³-hybridized carbons (Fsp3) is 0.100. The topological polar surface area (TPSA) is 70.8 Å². The number of benzene rings is 3. The molecule has 0 aliphatic carbocycles. The molecule has 6 nitrogen and oxygen atoms in total. The van der Waals surface area contributed by atoms with Crippen LogP contribution in [0.1, 0.15) is 5.56 Å². The summed E-state index contributed by atoms with van der Waals surface area (Å²) in [5.74, 6) is 1.40. The highest BCUT2D eigenvalue weighted by Crippen LogP contribution is 2.37. The molecule has 0 atom stereocenters. The van der Waals surface area contributed by atoms with E-state index in [1.54, 1.807) is 30.3 Å². The molecule has 0 amide bonds. The smallest absolute Gasteiger partial charge is 0.315 e. The van der Waals surface area contributed by atoms with Crippen LogP contribution in [0.2, 0.25) is 0 Å². The molecule has 0 saturated heterocycles. The van der Waals surface area contributed by atoms with E-state index >= 15 is 0 Å². The van der Waals surface area contributed by atoms with E-state index in [4.69, 9.17) is 14.2 Å². The van der Waals surface area contributed by atoms with Crippen molar-refractivity contribution in [3.05, 3.63) is 88.5 Å². The van der Waals surface area contributed by atoms with Crippen LogP contribution in [0.3, 0.4) is 0 Å². The Hall–Kier alpha value is -3.54. The average Bonchev–Trinajstić information content (AvgIpc) is 2.68. The van der Waals surface area contributed by atoms with Crippen molar-refractivity contribution < 1.29 is 19.1 Å². The summed E-state index contributed by atoms with van der Waals surface area (Å²) in [4.78, 5) is 10.9. The van der Waals surface area contributed by atoms with Crippen LogP contribution in [0.25, 0.3) is 0 Å². The van der Waals surface area contributed by atoms with Gasteiger partial charge in [-0.25, -0.2) is 0 Å². The lowest BCUT2D eigenvalue weighted by Gasteiger charge is -2.11. The molecule has 0 bridgehead atoms. The average molecular weight is 351 g/mol. The molecule has 0 radical (unpaired) electrons. The van der Waals surface area contributed by atoms with E-state index in [1.165, 1.54) is 19.2 Å². The van der Waals surface area contributed by atoms with Crippen molar-refractivity contribution in [2.24, 2.45) is 0 Å². The number of methoxy groups -OCH3 is 1. The molecule has 0 spiro atoms. The SMILES string of the molecule is COc1ccccc1Oc1ccc(OCc2ccccc2)cc1[N+](=O)[O-]. The number of ether oxygens (including phenoxy) is 3. The molecule has 3 aromatic carbocycles. The van der Waals surface area contributed by atoms with Gasteiger partial charge in [0, 0.05) is 0 Å². The van der Waals surface area contributed by atoms with E-state index in [-0.39, 0.29) is 11.4 Å². The highest BCUT2D eigenvalue weighted by molar-refractivity contribution is 5.54. The number of hydrogen-bond donors (Lipinski definition) is 0. The molecule has 0 aromatic heterocycles. The number of nitro groups is 1. The van der Waals surface area contributed by atoms with E-state index < -0.39 is 4.92 Å². The van der Waals surface area contributed by atoms with Crippen molar-refractivity contribution >= 4 is 5.69 Å². The van der Waals surface area contributed by atoms with Gasteiger partial charge in [-0.3, -0.25) is 10.1 Å². The lowest BCUT2D eigenvalue weighted by atomic mass is 10.2. The molecule has 26 heavy (non-hydrogen) atoms. The Kier molecular flexibility index (Phi) is 5.34. The number of nitro benzene ring substituents is 1. The molecule has 0 fully saturated rings. The molecule has 0 saturated carbocycles. The van der Waals surface area contributed by atoms with Crippen LogP contribution in [-0.4, -0.2) is 12.0 Å². The van der Waals surface area contributed by atoms with Gasteiger partial charge in [-0.2, -0.15) is 0 Å². The van der Waals surface area contributed by atoms with Crippen molar-refractivity contribution in [1.82, 2.24) is 0 Å². The molecular weight excluding hydrogens is 334 g/mol. The third kappa shape index (κ3) is 4.10. The second-order valence-corrected chi connectivity index (χ2v) is 5.41. The van der Waals surface area contributed by atoms with Crippen LogP contribution >= 0.6 is 0 Å². The van der Waals surface area contributed by atoms with E-state index in [0.29, 0.717) is 23.9 Å². The minimum absolute atomic E-state index is 0.117. The molecule has 0 heterocycles. The predicted octanol–water partition coefficient (Wildman–Crippen LogP) is 4.97. The number of rotatable bonds is 7. The fourth-order valence-corrected chi connectivity index (χ4v) is 2.38. The van der Waals surface area contributed by atoms with Crippen LogP contribution in [0.15, 0.2) is 72.8 Å². The zero-order valence-electron chi connectivity index (χ0n) is 14.1. The second kappa shape index (κ2) is 8.02. The molecule has 0 N–H and O–H groups in total. The second-order valence-electron chi connectivity index (χ2n) is 5.41. The maximum Gasteiger partial charge on any atom is 0.315 e. The molecule has 0 unspecified atom stereocenters. The standard InChI is InChI=1S/C20H17NO5/c1-24-19-9-5-6-10-20(19)26-18-12-11-16(13-17(18)21(22)23)25-14-15-7-3-2-4-8-15/h2-13H,14H2,1H3. The highest BCUT2D eigenvalue weighted by Gasteiger charge is 2.19. The van der Waals surface area contributed by atoms with Gasteiger partial charge in [0.15, 0.2) is 11.5 Å². The third-order valence-corrected chi connectivity index (χ3v) is 3.66. The molecule has 0 aliphatic rings. The number of hydrogen-bond acceptors (Lipinski definition) is 5. The first kappa shape index (κ1) is 17.3. The van der Waals surface area contributed by atoms with E-state index in [0.717, 1.165) is 5.56 Å². The van der Waals surface area contributed by atoms with Gasteiger partial charge in [0.25, 0.3) is 0 Å². The largest absolute Gasteiger partial charge is 0.493 e. The van der Waals surface area contributed by atoms with Gasteiger partial charge in [0.1, 0.15) is 12.4 Å². The van der Waals surface area contributed by atoms with Gasteiger partial charge in [0.05, 0.1) is 18.1 Å². The first-order valence-electron chi connectivity index (χ1n) is 7.93. The fourth-order valence-electron chi connectivity index (χ4n) is 2.38. The predicted molar refractivity (Wildman–Crippen MR) is 96.9 cm³/mol. The minimum Gasteiger partial charge on any atom is -0.493 e. The molecule has 0 aliphatic heterocycles. The van der Waals surface area contributed by atoms with Crippen molar-refractivity contribution in [2.75, 3.05) is 7.11 Å². The van der Waals surface area contributed by atoms with E-state index in [1.807, 2.05) is 30.3 Å². The number of nitrogens with zero attached hydrogens (tertiary/aromatic N) is 1. The summed E-state index contributed by atoms with van der Waals surface area (Å²) >= 11 is 0. The lowest BCUT2D eigenvalue weighted by molar-refractivity contribution is -0.385. The molecule has 3 rings (SSSR count). The minimum atomic E-state index is -0.500. The first-order chi connectivity index (χ1) is 12.7. The Morgan fingerprint density at radius 1 is 0.885 bits per heavy atom. The Morgan fingerprint density at radius 2 is 1.58 bits per heavy atom. The highest BCUT2D eigenvalue weighted by atomic mass is 16.6. The van der Waals surface area contributed by atoms with Crippen LogP contribution in [0.5, 0.6) is 23.0 Å². The summed E-state index contributed by atoms with van der Waals surface area (Å²) in [6, 6.07) is 21.1. The normalized spacial score (nSPS) is 10.2. The first-order valence-corrected chi connectivity index (χ1v) is 7.93. The van der Waals surface area contributed by atoms with Crippen molar-refractivity contribution in [2.45, 2.75) is 6.61 Å². The Balaban J connectivity index is 1.81. The van der Waals surface area contributed by atoms with Gasteiger partial charge < -0.3 is 14.2 Å². The van der Waals surface area contributed by atoms with Crippen molar-refractivity contribution in [1.29, 1.82) is 0 Å². The molecule has 3 aromatic rings. The van der Waals surface area contributed by atoms with E-state index in [2.05, 4.69) is 0 Å². The molecule has 6 heteroatoms. The Morgan fingerprint density at radius 3 is 2.27 bits per heavy atom. The maximum absolute atomic E-state index is 11.4. The van der Waals surface area contributed by atoms with Crippen LogP contribution < -0.4 is 14.2 Å². The third-order valence-electron chi connectivity index (χ3n) is 3.66. The number of para-hydroxylation sites is 2. The Labute approximate surface area is 150 Å². The van der Waals surface area contributed by atoms with Crippen molar-refractivity contribution in [3.63, 3.8) is 0 Å². The summed E-state index contributed by atoms with van der Waals surface area (Å²) < 4.78 is 16.5. The zero-order chi connectivity index (χ0) is 18.4. The van der Waals surface area contributed by atoms with Crippen molar-refractivity contribution in [3.8, 4) is 23.0 Å². The molecule has 132 valence electrons. The maximum atomic E-state index is 11.4. The van der Waals surface area contributed by atoms with Gasteiger partial charge >= 0.3 is 5.69 Å². The summed E-state index contributed by atoms with van der Waals surface area (Å²) in [6.45, 7) is 0.324. The zero-order valence-corrected chi connectivity index (χ0v) is 14.1. The van der Waals surface area contributed by atoms with Crippen LogP contribution in [0.4, 0.5) is 5.69 Å². The lowest BCUT2D eigenvalue weighted by Crippen LogP contribution is -1.98. The summed E-state index contributed by atoms with van der Waals surface area (Å²) in [7, 11) is 1.51. The van der Waals surface area contributed by atoms with E-state index in [9.17, 15) is 10.1 Å². The van der Waals surface area contributed by atoms with Gasteiger partial charge in [-0.15, -0.1) is 0 Å². The summed E-state index contributed by atoms with van der Waals surface area (Å²) in [6.07, 6.45) is 0.